The molecule has 0 aliphatic heterocycles. The van der Waals surface area contributed by atoms with Gasteiger partial charge < -0.3 is 5.32 Å². The average molecular weight is 343 g/mol. The van der Waals surface area contributed by atoms with E-state index in [0.717, 1.165) is 24.4 Å². The summed E-state index contributed by atoms with van der Waals surface area (Å²) in [6.45, 7) is 4.56. The highest BCUT2D eigenvalue weighted by molar-refractivity contribution is 7.15. The fourth-order valence-electron chi connectivity index (χ4n) is 3.01. The van der Waals surface area contributed by atoms with Gasteiger partial charge in [-0.15, -0.1) is 11.3 Å². The quantitative estimate of drug-likeness (QED) is 0.900. The van der Waals surface area contributed by atoms with E-state index in [2.05, 4.69) is 54.5 Å². The molecule has 0 fully saturated rings. The van der Waals surface area contributed by atoms with Crippen molar-refractivity contribution in [1.29, 1.82) is 0 Å². The van der Waals surface area contributed by atoms with Gasteiger partial charge in [0.05, 0.1) is 12.2 Å². The van der Waals surface area contributed by atoms with Crippen LogP contribution in [0.15, 0.2) is 30.3 Å². The Balaban J connectivity index is 1.64. The maximum Gasteiger partial charge on any atom is 0.240 e. The van der Waals surface area contributed by atoms with Gasteiger partial charge in [0.25, 0.3) is 0 Å². The van der Waals surface area contributed by atoms with Gasteiger partial charge in [-0.05, 0) is 51.6 Å². The van der Waals surface area contributed by atoms with Crippen LogP contribution in [0.4, 0.5) is 5.13 Å². The molecule has 4 nitrogen and oxygen atoms in total. The highest BCUT2D eigenvalue weighted by Gasteiger charge is 2.24. The lowest BCUT2D eigenvalue weighted by Crippen LogP contribution is -2.34. The molecule has 0 radical (unpaired) electrons. The first-order chi connectivity index (χ1) is 11.5. The van der Waals surface area contributed by atoms with Crippen LogP contribution in [0.2, 0.25) is 0 Å². The van der Waals surface area contributed by atoms with E-state index >= 15 is 0 Å². The number of carbonyl (C=O) groups excluding carboxylic acids is 1. The van der Waals surface area contributed by atoms with Gasteiger partial charge in [0.15, 0.2) is 5.13 Å². The monoisotopic (exact) mass is 343 g/mol. The molecule has 1 aliphatic rings. The van der Waals surface area contributed by atoms with Crippen molar-refractivity contribution in [3.63, 3.8) is 0 Å². The molecular weight excluding hydrogens is 318 g/mol. The molecule has 24 heavy (non-hydrogen) atoms. The number of likely N-dealkylation sites (N-methyl/N-ethyl adjacent to an activating group) is 1. The SMILES string of the molecule is CC(C)N(C)CC(=O)Nc1nc2c(s1)C[C@@H](c1ccccc1)CC2. The van der Waals surface area contributed by atoms with Crippen molar-refractivity contribution in [3.05, 3.63) is 46.5 Å². The van der Waals surface area contributed by atoms with Gasteiger partial charge in [-0.1, -0.05) is 30.3 Å². The second-order valence-corrected chi connectivity index (χ2v) is 7.88. The fraction of sp³-hybridized carbons (Fsp3) is 0.474. The fourth-order valence-corrected chi connectivity index (χ4v) is 4.11. The molecule has 1 heterocycles. The topological polar surface area (TPSA) is 45.2 Å². The summed E-state index contributed by atoms with van der Waals surface area (Å²) < 4.78 is 0. The Kier molecular flexibility index (Phi) is 5.31. The summed E-state index contributed by atoms with van der Waals surface area (Å²) in [7, 11) is 1.96. The molecule has 128 valence electrons. The molecule has 2 aromatic rings. The van der Waals surface area contributed by atoms with E-state index in [9.17, 15) is 4.79 Å². The van der Waals surface area contributed by atoms with E-state index in [4.69, 9.17) is 0 Å². The highest BCUT2D eigenvalue weighted by atomic mass is 32.1. The van der Waals surface area contributed by atoms with Crippen molar-refractivity contribution in [2.75, 3.05) is 18.9 Å². The summed E-state index contributed by atoms with van der Waals surface area (Å²) in [5.74, 6) is 0.576. The standard InChI is InChI=1S/C19H25N3OS/c1-13(2)22(3)12-18(23)21-19-20-16-10-9-15(11-17(16)24-19)14-7-5-4-6-8-14/h4-8,13,15H,9-12H2,1-3H3,(H,20,21,23)/t15-/m0/s1. The average Bonchev–Trinajstić information content (AvgIpc) is 2.96. The third-order valence-corrected chi connectivity index (χ3v) is 5.77. The van der Waals surface area contributed by atoms with E-state index in [-0.39, 0.29) is 5.91 Å². The number of anilines is 1. The van der Waals surface area contributed by atoms with Crippen LogP contribution >= 0.6 is 11.3 Å². The lowest BCUT2D eigenvalue weighted by Gasteiger charge is -2.21. The Bertz CT molecular complexity index is 696. The number of benzene rings is 1. The lowest BCUT2D eigenvalue weighted by molar-refractivity contribution is -0.117. The first-order valence-corrected chi connectivity index (χ1v) is 9.38. The van der Waals surface area contributed by atoms with Gasteiger partial charge >= 0.3 is 0 Å². The zero-order valence-electron chi connectivity index (χ0n) is 14.6. The lowest BCUT2D eigenvalue weighted by atomic mass is 9.85. The summed E-state index contributed by atoms with van der Waals surface area (Å²) >= 11 is 1.64. The Labute approximate surface area is 147 Å². The Morgan fingerprint density at radius 1 is 1.38 bits per heavy atom. The number of hydrogen-bond acceptors (Lipinski definition) is 4. The predicted octanol–water partition coefficient (Wildman–Crippen LogP) is 3.69. The molecule has 1 amide bonds. The molecule has 0 saturated heterocycles. The molecule has 1 aliphatic carbocycles. The first-order valence-electron chi connectivity index (χ1n) is 8.56. The molecule has 0 spiro atoms. The molecule has 3 rings (SSSR count). The molecule has 1 N–H and O–H groups in total. The Morgan fingerprint density at radius 2 is 2.12 bits per heavy atom. The van der Waals surface area contributed by atoms with Crippen LogP contribution in [0.1, 0.15) is 42.3 Å². The van der Waals surface area contributed by atoms with E-state index < -0.39 is 0 Å². The number of fused-ring (bicyclic) bond motifs is 1. The summed E-state index contributed by atoms with van der Waals surface area (Å²) in [6, 6.07) is 11.0. The highest BCUT2D eigenvalue weighted by Crippen LogP contribution is 2.36. The van der Waals surface area contributed by atoms with Gasteiger partial charge in [-0.3, -0.25) is 9.69 Å². The second kappa shape index (κ2) is 7.45. The first kappa shape index (κ1) is 17.1. The van der Waals surface area contributed by atoms with Gasteiger partial charge in [0.1, 0.15) is 0 Å². The van der Waals surface area contributed by atoms with Gasteiger partial charge in [0, 0.05) is 10.9 Å². The van der Waals surface area contributed by atoms with Crippen LogP contribution in [-0.2, 0) is 17.6 Å². The van der Waals surface area contributed by atoms with Crippen LogP contribution in [0.3, 0.4) is 0 Å². The van der Waals surface area contributed by atoms with Crippen molar-refractivity contribution in [2.24, 2.45) is 0 Å². The van der Waals surface area contributed by atoms with E-state index in [1.807, 2.05) is 11.9 Å². The van der Waals surface area contributed by atoms with Gasteiger partial charge in [-0.2, -0.15) is 0 Å². The number of rotatable bonds is 5. The maximum atomic E-state index is 12.1. The maximum absolute atomic E-state index is 12.1. The summed E-state index contributed by atoms with van der Waals surface area (Å²) in [5.41, 5.74) is 2.57. The normalized spacial score (nSPS) is 17.1. The number of nitrogens with one attached hydrogen (secondary N) is 1. The largest absolute Gasteiger partial charge is 0.301 e. The minimum Gasteiger partial charge on any atom is -0.301 e. The van der Waals surface area contributed by atoms with Crippen LogP contribution in [0.25, 0.3) is 0 Å². The second-order valence-electron chi connectivity index (χ2n) is 6.80. The molecule has 0 saturated carbocycles. The van der Waals surface area contributed by atoms with Crippen molar-refractivity contribution < 1.29 is 4.79 Å². The summed E-state index contributed by atoms with van der Waals surface area (Å²) in [6.07, 6.45) is 3.15. The van der Waals surface area contributed by atoms with Crippen molar-refractivity contribution in [3.8, 4) is 0 Å². The number of aromatic nitrogens is 1. The Hall–Kier alpha value is -1.72. The van der Waals surface area contributed by atoms with E-state index in [0.29, 0.717) is 18.5 Å². The van der Waals surface area contributed by atoms with Crippen molar-refractivity contribution in [1.82, 2.24) is 9.88 Å². The zero-order valence-corrected chi connectivity index (χ0v) is 15.4. The third kappa shape index (κ3) is 4.02. The summed E-state index contributed by atoms with van der Waals surface area (Å²) in [5, 5.41) is 3.71. The van der Waals surface area contributed by atoms with Gasteiger partial charge in [0.2, 0.25) is 5.91 Å². The number of aryl methyl sites for hydroxylation is 1. The van der Waals surface area contributed by atoms with E-state index in [1.54, 1.807) is 11.3 Å². The number of hydrogen-bond donors (Lipinski definition) is 1. The van der Waals surface area contributed by atoms with E-state index in [1.165, 1.54) is 16.1 Å². The number of thiazole rings is 1. The number of carbonyl (C=O) groups is 1. The third-order valence-electron chi connectivity index (χ3n) is 4.73. The molecule has 1 atom stereocenters. The van der Waals surface area contributed by atoms with Crippen molar-refractivity contribution >= 4 is 22.4 Å². The molecule has 1 aromatic carbocycles. The Morgan fingerprint density at radius 3 is 2.83 bits per heavy atom. The van der Waals surface area contributed by atoms with Crippen LogP contribution in [-0.4, -0.2) is 35.4 Å². The molecular formula is C19H25N3OS. The molecule has 5 heteroatoms. The van der Waals surface area contributed by atoms with Gasteiger partial charge in [-0.25, -0.2) is 4.98 Å². The van der Waals surface area contributed by atoms with Crippen LogP contribution in [0, 0.1) is 0 Å². The number of nitrogens with zero attached hydrogens (tertiary/aromatic N) is 2. The van der Waals surface area contributed by atoms with Crippen molar-refractivity contribution in [2.45, 2.75) is 45.1 Å². The predicted molar refractivity (Wildman–Crippen MR) is 99.7 cm³/mol. The molecule has 0 bridgehead atoms. The minimum absolute atomic E-state index is 0.0110. The van der Waals surface area contributed by atoms with Crippen LogP contribution < -0.4 is 5.32 Å². The smallest absolute Gasteiger partial charge is 0.240 e. The molecule has 0 unspecified atom stereocenters. The zero-order chi connectivity index (χ0) is 17.1. The van der Waals surface area contributed by atoms with Crippen LogP contribution in [0.5, 0.6) is 0 Å². The minimum atomic E-state index is 0.0110. The molecule has 1 aromatic heterocycles. The summed E-state index contributed by atoms with van der Waals surface area (Å²) in [4.78, 5) is 20.1. The number of amides is 1.